The lowest BCUT2D eigenvalue weighted by Gasteiger charge is -2.06. The van der Waals surface area contributed by atoms with Crippen molar-refractivity contribution in [2.75, 3.05) is 20.8 Å². The van der Waals surface area contributed by atoms with Gasteiger partial charge in [0.15, 0.2) is 0 Å². The van der Waals surface area contributed by atoms with E-state index in [1.54, 1.807) is 14.2 Å². The molecule has 21 heavy (non-hydrogen) atoms. The summed E-state index contributed by atoms with van der Waals surface area (Å²) < 4.78 is 16.0. The van der Waals surface area contributed by atoms with Gasteiger partial charge in [0.05, 0.1) is 20.8 Å². The molecule has 0 unspecified atom stereocenters. The lowest BCUT2D eigenvalue weighted by atomic mass is 10.1. The maximum Gasteiger partial charge on any atom is 0.123 e. The minimum absolute atomic E-state index is 0.679. The van der Waals surface area contributed by atoms with Crippen LogP contribution in [0.2, 0.25) is 0 Å². The number of benzene rings is 2. The monoisotopic (exact) mass is 284 g/mol. The van der Waals surface area contributed by atoms with Gasteiger partial charge in [0.2, 0.25) is 0 Å². The van der Waals surface area contributed by atoms with E-state index in [-0.39, 0.29) is 0 Å². The lowest BCUT2D eigenvalue weighted by Crippen LogP contribution is -1.90. The average Bonchev–Trinajstić information content (AvgIpc) is 2.54. The Hall–Kier alpha value is -2.42. The molecule has 2 aromatic rings. The van der Waals surface area contributed by atoms with Gasteiger partial charge in [0.1, 0.15) is 17.2 Å². The van der Waals surface area contributed by atoms with E-state index in [0.29, 0.717) is 6.61 Å². The maximum absolute atomic E-state index is 5.43. The first kappa shape index (κ1) is 15.0. The van der Waals surface area contributed by atoms with Gasteiger partial charge in [-0.3, -0.25) is 0 Å². The van der Waals surface area contributed by atoms with Crippen LogP contribution in [-0.4, -0.2) is 20.8 Å². The zero-order chi connectivity index (χ0) is 15.1. The minimum atomic E-state index is 0.679. The van der Waals surface area contributed by atoms with Crippen LogP contribution >= 0.6 is 0 Å². The number of rotatable bonds is 6. The van der Waals surface area contributed by atoms with Crippen molar-refractivity contribution in [2.45, 2.75) is 6.92 Å². The molecule has 0 atom stereocenters. The third-order valence-electron chi connectivity index (χ3n) is 3.03. The summed E-state index contributed by atoms with van der Waals surface area (Å²) in [6, 6.07) is 13.8. The van der Waals surface area contributed by atoms with Crippen LogP contribution < -0.4 is 14.2 Å². The van der Waals surface area contributed by atoms with Crippen molar-refractivity contribution >= 4 is 12.2 Å². The number of ether oxygens (including phenoxy) is 3. The summed E-state index contributed by atoms with van der Waals surface area (Å²) in [5, 5.41) is 0. The summed E-state index contributed by atoms with van der Waals surface area (Å²) in [7, 11) is 3.30. The summed E-state index contributed by atoms with van der Waals surface area (Å²) in [6.07, 6.45) is 4.07. The molecule has 0 N–H and O–H groups in total. The Labute approximate surface area is 125 Å². The maximum atomic E-state index is 5.43. The first-order chi connectivity index (χ1) is 10.2. The predicted molar refractivity (Wildman–Crippen MR) is 86.1 cm³/mol. The molecule has 3 nitrogen and oxygen atoms in total. The fraction of sp³-hybridized carbons (Fsp3) is 0.222. The van der Waals surface area contributed by atoms with Crippen LogP contribution in [0.25, 0.3) is 12.2 Å². The first-order valence-corrected chi connectivity index (χ1v) is 6.89. The van der Waals surface area contributed by atoms with E-state index in [2.05, 4.69) is 0 Å². The van der Waals surface area contributed by atoms with Gasteiger partial charge in [-0.1, -0.05) is 24.3 Å². The fourth-order valence-electron chi connectivity index (χ4n) is 1.96. The zero-order valence-electron chi connectivity index (χ0n) is 12.6. The van der Waals surface area contributed by atoms with Crippen LogP contribution in [0.15, 0.2) is 42.5 Å². The minimum Gasteiger partial charge on any atom is -0.497 e. The van der Waals surface area contributed by atoms with E-state index in [0.717, 1.165) is 28.4 Å². The summed E-state index contributed by atoms with van der Waals surface area (Å²) >= 11 is 0. The highest BCUT2D eigenvalue weighted by atomic mass is 16.5. The van der Waals surface area contributed by atoms with Crippen molar-refractivity contribution in [3.05, 3.63) is 53.6 Å². The molecule has 0 fully saturated rings. The van der Waals surface area contributed by atoms with Gasteiger partial charge in [-0.05, 0) is 42.3 Å². The molecule has 0 bridgehead atoms. The topological polar surface area (TPSA) is 27.7 Å². The van der Waals surface area contributed by atoms with Crippen molar-refractivity contribution < 1.29 is 14.2 Å². The molecule has 0 saturated heterocycles. The number of methoxy groups -OCH3 is 2. The van der Waals surface area contributed by atoms with Crippen LogP contribution in [-0.2, 0) is 0 Å². The molecule has 0 aliphatic rings. The number of hydrogen-bond donors (Lipinski definition) is 0. The van der Waals surface area contributed by atoms with Crippen molar-refractivity contribution in [1.82, 2.24) is 0 Å². The van der Waals surface area contributed by atoms with E-state index in [1.165, 1.54) is 0 Å². The second-order valence-corrected chi connectivity index (χ2v) is 4.48. The summed E-state index contributed by atoms with van der Waals surface area (Å²) in [4.78, 5) is 0. The van der Waals surface area contributed by atoms with E-state index in [4.69, 9.17) is 14.2 Å². The molecule has 0 aliphatic heterocycles. The highest BCUT2D eigenvalue weighted by molar-refractivity contribution is 5.71. The zero-order valence-corrected chi connectivity index (χ0v) is 12.6. The largest absolute Gasteiger partial charge is 0.497 e. The second-order valence-electron chi connectivity index (χ2n) is 4.48. The van der Waals surface area contributed by atoms with Gasteiger partial charge in [-0.15, -0.1) is 0 Å². The van der Waals surface area contributed by atoms with E-state index >= 15 is 0 Å². The van der Waals surface area contributed by atoms with Crippen LogP contribution in [0.3, 0.4) is 0 Å². The Morgan fingerprint density at radius 2 is 1.33 bits per heavy atom. The third-order valence-corrected chi connectivity index (χ3v) is 3.03. The second kappa shape index (κ2) is 7.39. The molecule has 0 radical (unpaired) electrons. The Kier molecular flexibility index (Phi) is 5.27. The summed E-state index contributed by atoms with van der Waals surface area (Å²) in [5.41, 5.74) is 2.14. The summed E-state index contributed by atoms with van der Waals surface area (Å²) in [5.74, 6) is 2.44. The van der Waals surface area contributed by atoms with Crippen LogP contribution in [0, 0.1) is 0 Å². The predicted octanol–water partition coefficient (Wildman–Crippen LogP) is 4.27. The summed E-state index contributed by atoms with van der Waals surface area (Å²) in [6.45, 7) is 2.66. The lowest BCUT2D eigenvalue weighted by molar-refractivity contribution is 0.340. The highest BCUT2D eigenvalue weighted by Gasteiger charge is 1.99. The highest BCUT2D eigenvalue weighted by Crippen LogP contribution is 2.24. The molecular weight excluding hydrogens is 264 g/mol. The third kappa shape index (κ3) is 4.28. The normalized spacial score (nSPS) is 10.6. The molecule has 0 spiro atoms. The SMILES string of the molecule is CCOc1ccc(C=Cc2cc(OC)cc(OC)c2)cc1. The molecular formula is C18H20O3. The Bertz CT molecular complexity index is 578. The van der Waals surface area contributed by atoms with E-state index in [9.17, 15) is 0 Å². The molecule has 0 heterocycles. The van der Waals surface area contributed by atoms with Crippen molar-refractivity contribution in [3.8, 4) is 17.2 Å². The molecule has 0 aromatic heterocycles. The van der Waals surface area contributed by atoms with E-state index in [1.807, 2.05) is 61.5 Å². The molecule has 0 saturated carbocycles. The Morgan fingerprint density at radius 3 is 1.86 bits per heavy atom. The standard InChI is InChI=1S/C18H20O3/c1-4-21-16-9-7-14(8-10-16)5-6-15-11-17(19-2)13-18(12-15)20-3/h5-13H,4H2,1-3H3. The van der Waals surface area contributed by atoms with E-state index < -0.39 is 0 Å². The van der Waals surface area contributed by atoms with Crippen LogP contribution in [0.5, 0.6) is 17.2 Å². The number of hydrogen-bond acceptors (Lipinski definition) is 3. The Morgan fingerprint density at radius 1 is 0.762 bits per heavy atom. The van der Waals surface area contributed by atoms with Gasteiger partial charge in [0.25, 0.3) is 0 Å². The first-order valence-electron chi connectivity index (χ1n) is 6.89. The molecule has 2 rings (SSSR count). The van der Waals surface area contributed by atoms with Crippen molar-refractivity contribution in [1.29, 1.82) is 0 Å². The molecule has 2 aromatic carbocycles. The Balaban J connectivity index is 2.16. The smallest absolute Gasteiger partial charge is 0.123 e. The van der Waals surface area contributed by atoms with Crippen LogP contribution in [0.4, 0.5) is 0 Å². The molecule has 110 valence electrons. The van der Waals surface area contributed by atoms with Gasteiger partial charge in [-0.2, -0.15) is 0 Å². The van der Waals surface area contributed by atoms with Gasteiger partial charge in [0, 0.05) is 6.07 Å². The molecule has 0 amide bonds. The molecule has 3 heteroatoms. The average molecular weight is 284 g/mol. The van der Waals surface area contributed by atoms with Gasteiger partial charge >= 0.3 is 0 Å². The van der Waals surface area contributed by atoms with Gasteiger partial charge in [-0.25, -0.2) is 0 Å². The molecule has 0 aliphatic carbocycles. The van der Waals surface area contributed by atoms with Crippen LogP contribution in [0.1, 0.15) is 18.1 Å². The van der Waals surface area contributed by atoms with Crippen molar-refractivity contribution in [2.24, 2.45) is 0 Å². The quantitative estimate of drug-likeness (QED) is 0.741. The van der Waals surface area contributed by atoms with Gasteiger partial charge < -0.3 is 14.2 Å². The fourth-order valence-corrected chi connectivity index (χ4v) is 1.96. The van der Waals surface area contributed by atoms with Crippen molar-refractivity contribution in [3.63, 3.8) is 0 Å².